The highest BCUT2D eigenvalue weighted by Crippen LogP contribution is 2.24. The minimum atomic E-state index is 0.158. The largest absolute Gasteiger partial charge is 0.491 e. The monoisotopic (exact) mass is 319 g/mol. The average molecular weight is 320 g/mol. The number of halogens is 1. The van der Waals surface area contributed by atoms with Gasteiger partial charge in [-0.3, -0.25) is 0 Å². The first kappa shape index (κ1) is 13.6. The summed E-state index contributed by atoms with van der Waals surface area (Å²) in [5, 5.41) is 8.71. The van der Waals surface area contributed by atoms with Gasteiger partial charge < -0.3 is 9.72 Å². The van der Waals surface area contributed by atoms with Crippen LogP contribution in [0.25, 0.3) is 11.4 Å². The van der Waals surface area contributed by atoms with Crippen molar-refractivity contribution in [3.05, 3.63) is 34.6 Å². The van der Waals surface area contributed by atoms with Gasteiger partial charge in [0.25, 0.3) is 0 Å². The van der Waals surface area contributed by atoms with Crippen molar-refractivity contribution in [3.63, 3.8) is 0 Å². The molecule has 1 aromatic heterocycles. The Kier molecular flexibility index (Phi) is 4.23. The lowest BCUT2D eigenvalue weighted by atomic mass is 10.2. The Bertz CT molecular complexity index is 596. The predicted molar refractivity (Wildman–Crippen MR) is 76.8 cm³/mol. The van der Waals surface area contributed by atoms with E-state index < -0.39 is 0 Å². The Morgan fingerprint density at radius 3 is 2.63 bits per heavy atom. The minimum Gasteiger partial charge on any atom is -0.491 e. The molecule has 2 aromatic rings. The summed E-state index contributed by atoms with van der Waals surface area (Å²) in [4.78, 5) is 7.50. The summed E-state index contributed by atoms with van der Waals surface area (Å²) in [7, 11) is 0. The highest BCUT2D eigenvalue weighted by Gasteiger charge is 2.09. The molecular formula is C14H14BrN3O. The number of nitriles is 1. The third-order valence-corrected chi connectivity index (χ3v) is 3.14. The van der Waals surface area contributed by atoms with Crippen molar-refractivity contribution >= 4 is 15.9 Å². The minimum absolute atomic E-state index is 0.158. The normalized spacial score (nSPS) is 10.5. The van der Waals surface area contributed by atoms with Gasteiger partial charge in [0.15, 0.2) is 0 Å². The van der Waals surface area contributed by atoms with Crippen LogP contribution in [0.2, 0.25) is 0 Å². The summed E-state index contributed by atoms with van der Waals surface area (Å²) >= 11 is 3.34. The van der Waals surface area contributed by atoms with Crippen molar-refractivity contribution in [2.24, 2.45) is 0 Å². The number of nitrogens with one attached hydrogen (secondary N) is 1. The Hall–Kier alpha value is -1.80. The van der Waals surface area contributed by atoms with E-state index in [1.807, 2.05) is 38.1 Å². The van der Waals surface area contributed by atoms with Gasteiger partial charge in [-0.15, -0.1) is 0 Å². The summed E-state index contributed by atoms with van der Waals surface area (Å²) in [5.74, 6) is 1.58. The molecule has 0 aliphatic carbocycles. The fraction of sp³-hybridized carbons (Fsp3) is 0.286. The molecule has 0 fully saturated rings. The molecule has 0 saturated heterocycles. The number of benzene rings is 1. The summed E-state index contributed by atoms with van der Waals surface area (Å²) in [6.07, 6.45) is 0.466. The van der Waals surface area contributed by atoms with Gasteiger partial charge in [-0.2, -0.15) is 5.26 Å². The third kappa shape index (κ3) is 3.36. The quantitative estimate of drug-likeness (QED) is 0.934. The zero-order chi connectivity index (χ0) is 13.8. The maximum atomic E-state index is 8.71. The van der Waals surface area contributed by atoms with Crippen molar-refractivity contribution in [2.45, 2.75) is 26.4 Å². The highest BCUT2D eigenvalue weighted by molar-refractivity contribution is 9.10. The third-order valence-electron chi connectivity index (χ3n) is 2.48. The molecule has 4 nitrogen and oxygen atoms in total. The lowest BCUT2D eigenvalue weighted by Crippen LogP contribution is -2.05. The van der Waals surface area contributed by atoms with Gasteiger partial charge >= 0.3 is 0 Å². The Morgan fingerprint density at radius 2 is 2.05 bits per heavy atom. The van der Waals surface area contributed by atoms with Crippen LogP contribution >= 0.6 is 15.9 Å². The van der Waals surface area contributed by atoms with Crippen LogP contribution in [0.3, 0.4) is 0 Å². The van der Waals surface area contributed by atoms with E-state index in [9.17, 15) is 0 Å². The topological polar surface area (TPSA) is 61.7 Å². The molecule has 0 spiro atoms. The molecule has 1 heterocycles. The van der Waals surface area contributed by atoms with Gasteiger partial charge in [0.2, 0.25) is 0 Å². The van der Waals surface area contributed by atoms with Gasteiger partial charge in [0.1, 0.15) is 16.2 Å². The molecule has 0 radical (unpaired) electrons. The first-order valence-electron chi connectivity index (χ1n) is 5.98. The van der Waals surface area contributed by atoms with E-state index >= 15 is 0 Å². The Balaban J connectivity index is 2.22. The van der Waals surface area contributed by atoms with Crippen LogP contribution in [0.5, 0.6) is 5.75 Å². The fourth-order valence-electron chi connectivity index (χ4n) is 1.68. The van der Waals surface area contributed by atoms with Crippen molar-refractivity contribution in [2.75, 3.05) is 0 Å². The Morgan fingerprint density at radius 1 is 1.37 bits per heavy atom. The smallest absolute Gasteiger partial charge is 0.138 e. The summed E-state index contributed by atoms with van der Waals surface area (Å²) in [6, 6.07) is 9.81. The second-order valence-electron chi connectivity index (χ2n) is 4.38. The second kappa shape index (κ2) is 5.89. The zero-order valence-corrected chi connectivity index (χ0v) is 12.4. The van der Waals surface area contributed by atoms with Crippen LogP contribution in [0.1, 0.15) is 19.5 Å². The fourth-order valence-corrected chi connectivity index (χ4v) is 2.10. The number of hydrogen-bond acceptors (Lipinski definition) is 3. The van der Waals surface area contributed by atoms with Crippen LogP contribution in [0.4, 0.5) is 0 Å². The SMILES string of the molecule is CC(C)Oc1ccc(-c2nc(Br)c(CC#N)[nH]2)cc1. The molecule has 19 heavy (non-hydrogen) atoms. The van der Waals surface area contributed by atoms with Crippen LogP contribution in [0.15, 0.2) is 28.9 Å². The number of hydrogen-bond donors (Lipinski definition) is 1. The molecule has 2 rings (SSSR count). The molecule has 98 valence electrons. The number of H-pyrrole nitrogens is 1. The number of rotatable bonds is 4. The second-order valence-corrected chi connectivity index (χ2v) is 5.13. The summed E-state index contributed by atoms with van der Waals surface area (Å²) in [6.45, 7) is 3.98. The molecule has 5 heteroatoms. The standard InChI is InChI=1S/C14H14BrN3O/c1-9(2)19-11-5-3-10(4-6-11)14-17-12(7-8-16)13(15)18-14/h3-6,9H,7H2,1-2H3,(H,17,18). The van der Waals surface area contributed by atoms with Crippen LogP contribution in [-0.4, -0.2) is 16.1 Å². The molecule has 0 unspecified atom stereocenters. The zero-order valence-electron chi connectivity index (χ0n) is 10.8. The van der Waals surface area contributed by atoms with E-state index in [2.05, 4.69) is 32.0 Å². The lowest BCUT2D eigenvalue weighted by molar-refractivity contribution is 0.242. The molecule has 1 N–H and O–H groups in total. The van der Waals surface area contributed by atoms with Crippen LogP contribution < -0.4 is 4.74 Å². The molecule has 0 atom stereocenters. The maximum absolute atomic E-state index is 8.71. The van der Waals surface area contributed by atoms with Crippen molar-refractivity contribution in [1.82, 2.24) is 9.97 Å². The number of aromatic amines is 1. The van der Waals surface area contributed by atoms with E-state index in [4.69, 9.17) is 10.00 Å². The molecule has 0 amide bonds. The Labute approximate surface area is 120 Å². The van der Waals surface area contributed by atoms with E-state index in [0.29, 0.717) is 11.0 Å². The van der Waals surface area contributed by atoms with E-state index in [1.165, 1.54) is 0 Å². The first-order valence-corrected chi connectivity index (χ1v) is 6.78. The van der Waals surface area contributed by atoms with Crippen molar-refractivity contribution in [1.29, 1.82) is 5.26 Å². The van der Waals surface area contributed by atoms with Gasteiger partial charge in [-0.05, 0) is 54.0 Å². The van der Waals surface area contributed by atoms with Gasteiger partial charge in [-0.25, -0.2) is 4.98 Å². The van der Waals surface area contributed by atoms with Gasteiger partial charge in [0, 0.05) is 5.56 Å². The van der Waals surface area contributed by atoms with Crippen molar-refractivity contribution < 1.29 is 4.74 Å². The highest BCUT2D eigenvalue weighted by atomic mass is 79.9. The molecule has 1 aromatic carbocycles. The van der Waals surface area contributed by atoms with Gasteiger partial charge in [-0.1, -0.05) is 0 Å². The van der Waals surface area contributed by atoms with Crippen LogP contribution in [0, 0.1) is 11.3 Å². The maximum Gasteiger partial charge on any atom is 0.138 e. The van der Waals surface area contributed by atoms with E-state index in [-0.39, 0.29) is 6.10 Å². The molecule has 0 aliphatic rings. The van der Waals surface area contributed by atoms with E-state index in [0.717, 1.165) is 22.8 Å². The predicted octanol–water partition coefficient (Wildman–Crippen LogP) is 3.69. The number of ether oxygens (including phenoxy) is 1. The molecular weight excluding hydrogens is 306 g/mol. The van der Waals surface area contributed by atoms with Gasteiger partial charge in [0.05, 0.1) is 24.3 Å². The number of imidazole rings is 1. The number of nitrogens with zero attached hydrogens (tertiary/aromatic N) is 2. The molecule has 0 bridgehead atoms. The molecule has 0 aliphatic heterocycles. The summed E-state index contributed by atoms with van der Waals surface area (Å²) in [5.41, 5.74) is 1.75. The lowest BCUT2D eigenvalue weighted by Gasteiger charge is -2.09. The number of aromatic nitrogens is 2. The van der Waals surface area contributed by atoms with E-state index in [1.54, 1.807) is 0 Å². The summed E-state index contributed by atoms with van der Waals surface area (Å²) < 4.78 is 6.28. The molecule has 0 saturated carbocycles. The average Bonchev–Trinajstić information content (AvgIpc) is 2.72. The van der Waals surface area contributed by atoms with Crippen molar-refractivity contribution in [3.8, 4) is 23.2 Å². The first-order chi connectivity index (χ1) is 9.10. The van der Waals surface area contributed by atoms with Crippen LogP contribution in [-0.2, 0) is 6.42 Å².